The first-order valence-electron chi connectivity index (χ1n) is 4.72. The normalized spacial score (nSPS) is 46.8. The molecule has 0 radical (unpaired) electrons. The van der Waals surface area contributed by atoms with E-state index in [2.05, 4.69) is 0 Å². The van der Waals surface area contributed by atoms with Crippen LogP contribution in [0.3, 0.4) is 0 Å². The van der Waals surface area contributed by atoms with Crippen LogP contribution in [0.1, 0.15) is 20.8 Å². The molecule has 0 spiro atoms. The first-order chi connectivity index (χ1) is 5.95. The molecule has 4 nitrogen and oxygen atoms in total. The van der Waals surface area contributed by atoms with Gasteiger partial charge in [-0.1, -0.05) is 13.8 Å². The highest BCUT2D eigenvalue weighted by Gasteiger charge is 2.41. The summed E-state index contributed by atoms with van der Waals surface area (Å²) in [5.74, 6) is 0.180. The van der Waals surface area contributed by atoms with Crippen molar-refractivity contribution in [3.8, 4) is 0 Å². The topological polar surface area (TPSA) is 75.7 Å². The third kappa shape index (κ3) is 2.02. The van der Waals surface area contributed by atoms with Crippen LogP contribution in [0.4, 0.5) is 0 Å². The Kier molecular flexibility index (Phi) is 3.29. The van der Waals surface area contributed by atoms with Gasteiger partial charge in [0.2, 0.25) is 0 Å². The molecular weight excluding hydrogens is 170 g/mol. The summed E-state index contributed by atoms with van der Waals surface area (Å²) in [5, 5.41) is 19.2. The second kappa shape index (κ2) is 3.92. The Bertz CT molecular complexity index is 174. The van der Waals surface area contributed by atoms with Crippen molar-refractivity contribution in [3.63, 3.8) is 0 Å². The van der Waals surface area contributed by atoms with Crippen molar-refractivity contribution in [2.24, 2.45) is 11.7 Å². The first kappa shape index (κ1) is 10.9. The Morgan fingerprint density at radius 3 is 2.23 bits per heavy atom. The number of nitrogens with two attached hydrogens (primary N) is 1. The number of hydrogen-bond donors (Lipinski definition) is 3. The van der Waals surface area contributed by atoms with Gasteiger partial charge >= 0.3 is 0 Å². The summed E-state index contributed by atoms with van der Waals surface area (Å²) in [7, 11) is 0. The number of hydrogen-bond acceptors (Lipinski definition) is 4. The highest BCUT2D eigenvalue weighted by Crippen LogP contribution is 2.24. The molecule has 1 aliphatic heterocycles. The molecule has 0 aromatic rings. The van der Waals surface area contributed by atoms with Gasteiger partial charge in [-0.15, -0.1) is 0 Å². The fraction of sp³-hybridized carbons (Fsp3) is 1.00. The maximum absolute atomic E-state index is 9.64. The Balaban J connectivity index is 2.70. The summed E-state index contributed by atoms with van der Waals surface area (Å²) < 4.78 is 5.51. The minimum Gasteiger partial charge on any atom is -0.389 e. The van der Waals surface area contributed by atoms with Crippen molar-refractivity contribution in [1.82, 2.24) is 0 Å². The van der Waals surface area contributed by atoms with Crippen LogP contribution in [-0.2, 0) is 4.74 Å². The van der Waals surface area contributed by atoms with E-state index in [1.807, 2.05) is 20.8 Å². The van der Waals surface area contributed by atoms with Gasteiger partial charge in [0.15, 0.2) is 0 Å². The van der Waals surface area contributed by atoms with E-state index in [4.69, 9.17) is 10.5 Å². The highest BCUT2D eigenvalue weighted by molar-refractivity contribution is 4.93. The predicted molar refractivity (Wildman–Crippen MR) is 49.2 cm³/mol. The van der Waals surface area contributed by atoms with E-state index in [9.17, 15) is 10.2 Å². The van der Waals surface area contributed by atoms with Gasteiger partial charge in [-0.25, -0.2) is 0 Å². The SMILES string of the molecule is CC(C)[C@@H]1OC(C)[C@@H](N)[C@H](O)C1O. The molecule has 5 atom stereocenters. The van der Waals surface area contributed by atoms with Gasteiger partial charge in [-0.2, -0.15) is 0 Å². The van der Waals surface area contributed by atoms with Crippen LogP contribution < -0.4 is 5.73 Å². The quantitative estimate of drug-likeness (QED) is 0.519. The maximum atomic E-state index is 9.64. The van der Waals surface area contributed by atoms with Gasteiger partial charge < -0.3 is 20.7 Å². The third-order valence-corrected chi connectivity index (χ3v) is 2.65. The number of ether oxygens (including phenoxy) is 1. The molecule has 0 amide bonds. The maximum Gasteiger partial charge on any atom is 0.108 e. The number of aliphatic hydroxyl groups excluding tert-OH is 2. The van der Waals surface area contributed by atoms with Crippen LogP contribution in [0, 0.1) is 5.92 Å². The Labute approximate surface area is 78.7 Å². The molecule has 0 aromatic heterocycles. The predicted octanol–water partition coefficient (Wildman–Crippen LogP) is -0.521. The van der Waals surface area contributed by atoms with Crippen molar-refractivity contribution in [2.45, 2.75) is 51.2 Å². The third-order valence-electron chi connectivity index (χ3n) is 2.65. The van der Waals surface area contributed by atoms with Crippen LogP contribution in [0.2, 0.25) is 0 Å². The van der Waals surface area contributed by atoms with Crippen molar-refractivity contribution >= 4 is 0 Å². The van der Waals surface area contributed by atoms with Crippen molar-refractivity contribution in [1.29, 1.82) is 0 Å². The summed E-state index contributed by atoms with van der Waals surface area (Å²) in [6.45, 7) is 5.71. The van der Waals surface area contributed by atoms with Crippen LogP contribution in [-0.4, -0.2) is 40.7 Å². The average molecular weight is 189 g/mol. The lowest BCUT2D eigenvalue weighted by Crippen LogP contribution is -2.61. The molecule has 4 N–H and O–H groups in total. The van der Waals surface area contributed by atoms with Gasteiger partial charge in [0.25, 0.3) is 0 Å². The molecule has 1 saturated heterocycles. The summed E-state index contributed by atoms with van der Waals surface area (Å²) in [6, 6.07) is -0.495. The molecule has 0 aliphatic carbocycles. The molecule has 1 fully saturated rings. The fourth-order valence-corrected chi connectivity index (χ4v) is 1.67. The number of aliphatic hydroxyl groups is 2. The lowest BCUT2D eigenvalue weighted by atomic mass is 9.89. The summed E-state index contributed by atoms with van der Waals surface area (Å²) in [6.07, 6.45) is -2.27. The van der Waals surface area contributed by atoms with Crippen molar-refractivity contribution < 1.29 is 14.9 Å². The van der Waals surface area contributed by atoms with Crippen LogP contribution in [0.15, 0.2) is 0 Å². The van der Waals surface area contributed by atoms with Crippen molar-refractivity contribution in [3.05, 3.63) is 0 Å². The Morgan fingerprint density at radius 1 is 1.23 bits per heavy atom. The largest absolute Gasteiger partial charge is 0.389 e. The molecule has 2 unspecified atom stereocenters. The molecule has 4 heteroatoms. The van der Waals surface area contributed by atoms with Gasteiger partial charge in [0, 0.05) is 0 Å². The Morgan fingerprint density at radius 2 is 1.77 bits per heavy atom. The van der Waals surface area contributed by atoms with E-state index in [0.717, 1.165) is 0 Å². The highest BCUT2D eigenvalue weighted by atomic mass is 16.5. The van der Waals surface area contributed by atoms with Gasteiger partial charge in [-0.05, 0) is 12.8 Å². The van der Waals surface area contributed by atoms with E-state index in [1.165, 1.54) is 0 Å². The van der Waals surface area contributed by atoms with E-state index < -0.39 is 18.2 Å². The van der Waals surface area contributed by atoms with Gasteiger partial charge in [0.1, 0.15) is 6.10 Å². The molecule has 13 heavy (non-hydrogen) atoms. The number of rotatable bonds is 1. The van der Waals surface area contributed by atoms with Crippen LogP contribution >= 0.6 is 0 Å². The zero-order chi connectivity index (χ0) is 10.2. The molecule has 1 aliphatic rings. The minimum atomic E-state index is -0.879. The molecule has 0 aromatic carbocycles. The summed E-state index contributed by atoms with van der Waals surface area (Å²) >= 11 is 0. The molecule has 0 bridgehead atoms. The Hall–Kier alpha value is -0.160. The molecule has 1 rings (SSSR count). The van der Waals surface area contributed by atoms with Crippen molar-refractivity contribution in [2.75, 3.05) is 0 Å². The second-order valence-corrected chi connectivity index (χ2v) is 4.11. The summed E-state index contributed by atoms with van der Waals surface area (Å²) in [5.41, 5.74) is 5.64. The van der Waals surface area contributed by atoms with E-state index in [1.54, 1.807) is 0 Å². The van der Waals surface area contributed by atoms with Gasteiger partial charge in [-0.3, -0.25) is 0 Å². The van der Waals surface area contributed by atoms with Crippen LogP contribution in [0.5, 0.6) is 0 Å². The molecule has 78 valence electrons. The lowest BCUT2D eigenvalue weighted by Gasteiger charge is -2.41. The molecular formula is C9H19NO3. The first-order valence-corrected chi connectivity index (χ1v) is 4.72. The van der Waals surface area contributed by atoms with E-state index in [-0.39, 0.29) is 18.1 Å². The monoisotopic (exact) mass is 189 g/mol. The smallest absolute Gasteiger partial charge is 0.108 e. The minimum absolute atomic E-state index is 0.180. The summed E-state index contributed by atoms with van der Waals surface area (Å²) in [4.78, 5) is 0. The second-order valence-electron chi connectivity index (χ2n) is 4.11. The van der Waals surface area contributed by atoms with Gasteiger partial charge in [0.05, 0.1) is 24.4 Å². The van der Waals surface area contributed by atoms with E-state index >= 15 is 0 Å². The zero-order valence-electron chi connectivity index (χ0n) is 8.34. The molecule has 0 saturated carbocycles. The zero-order valence-corrected chi connectivity index (χ0v) is 8.34. The van der Waals surface area contributed by atoms with Crippen LogP contribution in [0.25, 0.3) is 0 Å². The standard InChI is InChI=1S/C9H19NO3/c1-4(2)9-8(12)7(11)6(10)5(3)13-9/h4-9,11-12H,10H2,1-3H3/t5?,6-,7+,8?,9+/m1/s1. The fourth-order valence-electron chi connectivity index (χ4n) is 1.67. The van der Waals surface area contributed by atoms with E-state index in [0.29, 0.717) is 0 Å². The average Bonchev–Trinajstić information content (AvgIpc) is 2.07. The molecule has 1 heterocycles. The lowest BCUT2D eigenvalue weighted by molar-refractivity contribution is -0.186.